The lowest BCUT2D eigenvalue weighted by molar-refractivity contribution is 1.03. The molecule has 1 aliphatic rings. The Morgan fingerprint density at radius 1 is 1.04 bits per heavy atom. The smallest absolute Gasteiger partial charge is 0.0366 e. The molecule has 0 heterocycles. The van der Waals surface area contributed by atoms with Gasteiger partial charge in [0.1, 0.15) is 0 Å². The molecule has 0 saturated heterocycles. The zero-order valence-electron chi connectivity index (χ0n) is 15.3. The topological polar surface area (TPSA) is 3.24 Å². The third-order valence-electron chi connectivity index (χ3n) is 4.49. The van der Waals surface area contributed by atoms with E-state index in [0.29, 0.717) is 0 Å². The van der Waals surface area contributed by atoms with E-state index in [-0.39, 0.29) is 0 Å². The highest BCUT2D eigenvalue weighted by atomic mass is 15.1. The fourth-order valence-electron chi connectivity index (χ4n) is 3.03. The molecule has 0 radical (unpaired) electrons. The number of hydrogen-bond donors (Lipinski definition) is 0. The second-order valence-corrected chi connectivity index (χ2v) is 6.35. The first kappa shape index (κ1) is 17.8. The molecular weight excluding hydrogens is 314 g/mol. The summed E-state index contributed by atoms with van der Waals surface area (Å²) in [7, 11) is 2.12. The van der Waals surface area contributed by atoms with Gasteiger partial charge in [-0.25, -0.2) is 0 Å². The number of anilines is 1. The van der Waals surface area contributed by atoms with Crippen molar-refractivity contribution in [3.63, 3.8) is 0 Å². The molecule has 1 aliphatic carbocycles. The molecule has 0 aromatic heterocycles. The molecule has 0 fully saturated rings. The van der Waals surface area contributed by atoms with Gasteiger partial charge in [-0.1, -0.05) is 91.6 Å². The molecule has 2 aromatic rings. The fourth-order valence-corrected chi connectivity index (χ4v) is 3.03. The molecule has 0 bridgehead atoms. The van der Waals surface area contributed by atoms with Gasteiger partial charge in [-0.05, 0) is 40.8 Å². The van der Waals surface area contributed by atoms with Crippen molar-refractivity contribution in [3.8, 4) is 11.1 Å². The van der Waals surface area contributed by atoms with Gasteiger partial charge in [0.05, 0.1) is 0 Å². The zero-order valence-corrected chi connectivity index (χ0v) is 15.3. The highest BCUT2D eigenvalue weighted by Gasteiger charge is 2.03. The largest absolute Gasteiger partial charge is 0.371 e. The van der Waals surface area contributed by atoms with Crippen molar-refractivity contribution >= 4 is 5.69 Å². The molecule has 0 aliphatic heterocycles. The van der Waals surface area contributed by atoms with E-state index in [1.807, 2.05) is 12.1 Å². The van der Waals surface area contributed by atoms with Gasteiger partial charge < -0.3 is 4.90 Å². The fraction of sp³-hybridized carbons (Fsp3) is 0.120. The van der Waals surface area contributed by atoms with E-state index in [4.69, 9.17) is 0 Å². The van der Waals surface area contributed by atoms with Crippen LogP contribution >= 0.6 is 0 Å². The van der Waals surface area contributed by atoms with Crippen molar-refractivity contribution in [2.24, 2.45) is 0 Å². The molecule has 0 amide bonds. The molecule has 26 heavy (non-hydrogen) atoms. The lowest BCUT2D eigenvalue weighted by atomic mass is 10.1. The van der Waals surface area contributed by atoms with Crippen molar-refractivity contribution in [3.05, 3.63) is 115 Å². The highest BCUT2D eigenvalue weighted by Crippen LogP contribution is 2.23. The summed E-state index contributed by atoms with van der Waals surface area (Å²) in [5, 5.41) is 0. The number of hydrogen-bond acceptors (Lipinski definition) is 1. The summed E-state index contributed by atoms with van der Waals surface area (Å²) in [6.45, 7) is 4.68. The van der Waals surface area contributed by atoms with Crippen LogP contribution in [0, 0.1) is 0 Å². The average Bonchev–Trinajstić information content (AvgIpc) is 3.23. The summed E-state index contributed by atoms with van der Waals surface area (Å²) in [6.07, 6.45) is 15.9. The minimum atomic E-state index is 0.857. The van der Waals surface area contributed by atoms with Crippen LogP contribution in [0.15, 0.2) is 115 Å². The average molecular weight is 339 g/mol. The molecule has 0 saturated carbocycles. The minimum absolute atomic E-state index is 0.857. The Balaban J connectivity index is 1.64. The zero-order chi connectivity index (χ0) is 18.2. The lowest BCUT2D eigenvalue weighted by Crippen LogP contribution is -2.16. The monoisotopic (exact) mass is 339 g/mol. The number of benzene rings is 2. The lowest BCUT2D eigenvalue weighted by Gasteiger charge is -2.18. The summed E-state index contributed by atoms with van der Waals surface area (Å²) in [5.41, 5.74) is 6.19. The van der Waals surface area contributed by atoms with Gasteiger partial charge >= 0.3 is 0 Å². The van der Waals surface area contributed by atoms with Crippen LogP contribution in [0.5, 0.6) is 0 Å². The standard InChI is InChI=1S/C25H25N/c1-3-10-21(22-13-7-8-14-22)15-9-20-26(2)25-18-16-24(17-19-25)23-11-5-4-6-12-23/h3-7,9-19H,1,8,20H2,2H3/b15-9-,21-10+. The van der Waals surface area contributed by atoms with E-state index in [2.05, 4.69) is 104 Å². The first-order valence-corrected chi connectivity index (χ1v) is 9.01. The van der Waals surface area contributed by atoms with Crippen molar-refractivity contribution in [1.29, 1.82) is 0 Å². The van der Waals surface area contributed by atoms with Gasteiger partial charge in [0.25, 0.3) is 0 Å². The summed E-state index contributed by atoms with van der Waals surface area (Å²) in [5.74, 6) is 0. The van der Waals surface area contributed by atoms with Crippen LogP contribution in [-0.4, -0.2) is 13.6 Å². The van der Waals surface area contributed by atoms with Crippen molar-refractivity contribution < 1.29 is 0 Å². The van der Waals surface area contributed by atoms with Crippen LogP contribution in [-0.2, 0) is 0 Å². The molecule has 0 atom stereocenters. The summed E-state index contributed by atoms with van der Waals surface area (Å²) < 4.78 is 0. The van der Waals surface area contributed by atoms with Crippen LogP contribution in [0.1, 0.15) is 6.42 Å². The molecule has 1 heteroatoms. The van der Waals surface area contributed by atoms with Crippen LogP contribution in [0.4, 0.5) is 5.69 Å². The Labute approximate surface area is 157 Å². The van der Waals surface area contributed by atoms with Gasteiger partial charge in [-0.2, -0.15) is 0 Å². The third-order valence-corrected chi connectivity index (χ3v) is 4.49. The van der Waals surface area contributed by atoms with Crippen molar-refractivity contribution in [2.45, 2.75) is 6.42 Å². The first-order chi connectivity index (χ1) is 12.8. The quantitative estimate of drug-likeness (QED) is 0.532. The van der Waals surface area contributed by atoms with Crippen LogP contribution in [0.25, 0.3) is 11.1 Å². The summed E-state index contributed by atoms with van der Waals surface area (Å²) in [4.78, 5) is 2.25. The van der Waals surface area contributed by atoms with Gasteiger partial charge in [-0.3, -0.25) is 0 Å². The van der Waals surface area contributed by atoms with E-state index < -0.39 is 0 Å². The maximum Gasteiger partial charge on any atom is 0.0366 e. The molecular formula is C25H25N. The Morgan fingerprint density at radius 2 is 1.77 bits per heavy atom. The Morgan fingerprint density at radius 3 is 2.42 bits per heavy atom. The maximum absolute atomic E-state index is 3.82. The minimum Gasteiger partial charge on any atom is -0.371 e. The SMILES string of the molecule is C=C/C=C(\C=C/CN(C)c1ccc(-c2ccccc2)cc1)C1=CCC=C1. The Kier molecular flexibility index (Phi) is 6.05. The van der Waals surface area contributed by atoms with Crippen molar-refractivity contribution in [2.75, 3.05) is 18.5 Å². The predicted molar refractivity (Wildman–Crippen MR) is 114 cm³/mol. The summed E-state index contributed by atoms with van der Waals surface area (Å²) >= 11 is 0. The number of nitrogens with zero attached hydrogens (tertiary/aromatic N) is 1. The number of allylic oxidation sites excluding steroid dienone is 8. The predicted octanol–water partition coefficient (Wildman–Crippen LogP) is 6.34. The second-order valence-electron chi connectivity index (χ2n) is 6.35. The summed E-state index contributed by atoms with van der Waals surface area (Å²) in [6, 6.07) is 19.2. The van der Waals surface area contributed by atoms with Gasteiger partial charge in [0.15, 0.2) is 0 Å². The van der Waals surface area contributed by atoms with E-state index in [1.54, 1.807) is 0 Å². The van der Waals surface area contributed by atoms with E-state index in [9.17, 15) is 0 Å². The van der Waals surface area contributed by atoms with Crippen LogP contribution in [0.3, 0.4) is 0 Å². The van der Waals surface area contributed by atoms with Gasteiger partial charge in [0, 0.05) is 19.3 Å². The maximum atomic E-state index is 3.82. The van der Waals surface area contributed by atoms with Gasteiger partial charge in [0.2, 0.25) is 0 Å². The molecule has 0 N–H and O–H groups in total. The molecule has 1 nitrogen and oxygen atoms in total. The van der Waals surface area contributed by atoms with E-state index >= 15 is 0 Å². The third kappa shape index (κ3) is 4.52. The van der Waals surface area contributed by atoms with E-state index in [0.717, 1.165) is 13.0 Å². The first-order valence-electron chi connectivity index (χ1n) is 9.01. The number of rotatable bonds is 7. The van der Waals surface area contributed by atoms with Crippen LogP contribution in [0.2, 0.25) is 0 Å². The molecule has 3 rings (SSSR count). The Bertz CT molecular complexity index is 849. The Hall–Kier alpha value is -3.06. The number of likely N-dealkylation sites (N-methyl/N-ethyl adjacent to an activating group) is 1. The molecule has 0 spiro atoms. The van der Waals surface area contributed by atoms with Crippen LogP contribution < -0.4 is 4.90 Å². The van der Waals surface area contributed by atoms with Crippen molar-refractivity contribution in [1.82, 2.24) is 0 Å². The molecule has 2 aromatic carbocycles. The highest BCUT2D eigenvalue weighted by molar-refractivity contribution is 5.66. The second kappa shape index (κ2) is 8.87. The molecule has 0 unspecified atom stereocenters. The van der Waals surface area contributed by atoms with E-state index in [1.165, 1.54) is 28.0 Å². The molecule has 130 valence electrons. The normalized spacial score (nSPS) is 13.9. The van der Waals surface area contributed by atoms with Gasteiger partial charge in [-0.15, -0.1) is 0 Å².